The van der Waals surface area contributed by atoms with E-state index in [9.17, 15) is 4.79 Å². The summed E-state index contributed by atoms with van der Waals surface area (Å²) in [6.45, 7) is 12.7. The maximum absolute atomic E-state index is 12.5. The second-order valence-corrected chi connectivity index (χ2v) is 12.4. The van der Waals surface area contributed by atoms with Gasteiger partial charge in [0.2, 0.25) is 11.6 Å². The molecular weight excluding hydrogens is 510 g/mol. The summed E-state index contributed by atoms with van der Waals surface area (Å²) in [5.41, 5.74) is 8.59. The van der Waals surface area contributed by atoms with Gasteiger partial charge in [-0.05, 0) is 50.4 Å². The number of aromatic nitrogens is 4. The molecule has 4 heterocycles. The number of amides is 1. The maximum Gasteiger partial charge on any atom is 0.224 e. The zero-order valence-corrected chi connectivity index (χ0v) is 24.3. The van der Waals surface area contributed by atoms with Crippen LogP contribution in [0.3, 0.4) is 0 Å². The van der Waals surface area contributed by atoms with Crippen LogP contribution in [0.1, 0.15) is 52.2 Å². The summed E-state index contributed by atoms with van der Waals surface area (Å²) in [4.78, 5) is 27.6. The third kappa shape index (κ3) is 5.69. The van der Waals surface area contributed by atoms with Crippen LogP contribution in [0.2, 0.25) is 0 Å². The quantitative estimate of drug-likeness (QED) is 0.386. The number of rotatable bonds is 9. The molecule has 0 aliphatic carbocycles. The standard InChI is InChI=1S/C29H41N7O4/c1-27(2,3)20-10-8-19(9-11-20)14-22(37)31-12-7-13-35(6)15-21-24-29(16-38-21,40-28(4,5)39-24)36-18-34-23-25(30)32-17-33-26(23)36/h8-11,17-18,21,24H,7,12-16H2,1-6H3,(H,31,37)(H2,30,32,33). The summed E-state index contributed by atoms with van der Waals surface area (Å²) in [6, 6.07) is 8.30. The van der Waals surface area contributed by atoms with Crippen molar-refractivity contribution in [3.05, 3.63) is 48.0 Å². The molecule has 2 fully saturated rings. The molecule has 0 bridgehead atoms. The second kappa shape index (κ2) is 10.7. The number of nitrogens with zero attached hydrogens (tertiary/aromatic N) is 5. The van der Waals surface area contributed by atoms with Gasteiger partial charge < -0.3 is 30.2 Å². The number of likely N-dealkylation sites (N-methyl/N-ethyl adjacent to an activating group) is 1. The number of carbonyl (C=O) groups is 1. The molecule has 3 atom stereocenters. The molecule has 3 N–H and O–H groups in total. The van der Waals surface area contributed by atoms with E-state index in [1.165, 1.54) is 11.9 Å². The van der Waals surface area contributed by atoms with Gasteiger partial charge in [0.1, 0.15) is 24.1 Å². The van der Waals surface area contributed by atoms with Crippen molar-refractivity contribution < 1.29 is 19.0 Å². The molecule has 2 saturated heterocycles. The van der Waals surface area contributed by atoms with Gasteiger partial charge in [0.25, 0.3) is 0 Å². The number of nitrogens with two attached hydrogens (primary N) is 1. The Morgan fingerprint density at radius 3 is 2.67 bits per heavy atom. The van der Waals surface area contributed by atoms with Crippen LogP contribution in [0, 0.1) is 0 Å². The number of anilines is 1. The fourth-order valence-corrected chi connectivity index (χ4v) is 5.58. The lowest BCUT2D eigenvalue weighted by molar-refractivity contribution is -0.205. The lowest BCUT2D eigenvalue weighted by Gasteiger charge is -2.29. The summed E-state index contributed by atoms with van der Waals surface area (Å²) in [5, 5.41) is 3.04. The lowest BCUT2D eigenvalue weighted by atomic mass is 9.86. The molecule has 1 amide bonds. The summed E-state index contributed by atoms with van der Waals surface area (Å²) in [5.74, 6) is -0.459. The number of carbonyl (C=O) groups excluding carboxylic acids is 1. The smallest absolute Gasteiger partial charge is 0.224 e. The molecule has 0 spiro atoms. The van der Waals surface area contributed by atoms with E-state index in [1.807, 2.05) is 37.6 Å². The maximum atomic E-state index is 12.5. The van der Waals surface area contributed by atoms with Gasteiger partial charge in [0.05, 0.1) is 19.4 Å². The van der Waals surface area contributed by atoms with Crippen LogP contribution < -0.4 is 11.1 Å². The predicted molar refractivity (Wildman–Crippen MR) is 151 cm³/mol. The first-order chi connectivity index (χ1) is 18.9. The summed E-state index contributed by atoms with van der Waals surface area (Å²) >= 11 is 0. The van der Waals surface area contributed by atoms with E-state index >= 15 is 0 Å². The van der Waals surface area contributed by atoms with Crippen molar-refractivity contribution in [1.29, 1.82) is 0 Å². The third-order valence-corrected chi connectivity index (χ3v) is 7.60. The summed E-state index contributed by atoms with van der Waals surface area (Å²) in [6.07, 6.45) is 3.69. The number of nitrogen functional groups attached to an aromatic ring is 1. The normalized spacial score (nSPS) is 24.1. The van der Waals surface area contributed by atoms with Crippen molar-refractivity contribution in [2.45, 2.75) is 76.6 Å². The molecule has 0 radical (unpaired) electrons. The zero-order valence-electron chi connectivity index (χ0n) is 24.3. The van der Waals surface area contributed by atoms with Gasteiger partial charge in [-0.2, -0.15) is 0 Å². The highest BCUT2D eigenvalue weighted by Gasteiger charge is 2.63. The van der Waals surface area contributed by atoms with Crippen LogP contribution in [-0.4, -0.2) is 81.6 Å². The number of fused-ring (bicyclic) bond motifs is 2. The third-order valence-electron chi connectivity index (χ3n) is 7.60. The van der Waals surface area contributed by atoms with E-state index in [0.29, 0.717) is 43.1 Å². The lowest BCUT2D eigenvalue weighted by Crippen LogP contribution is -2.46. The molecule has 2 aliphatic rings. The number of hydrogen-bond acceptors (Lipinski definition) is 9. The fraction of sp³-hybridized carbons (Fsp3) is 0.586. The Morgan fingerprint density at radius 1 is 1.20 bits per heavy atom. The van der Waals surface area contributed by atoms with E-state index in [4.69, 9.17) is 19.9 Å². The van der Waals surface area contributed by atoms with Gasteiger partial charge >= 0.3 is 0 Å². The average Bonchev–Trinajstić information content (AvgIpc) is 3.53. The minimum absolute atomic E-state index is 0.0332. The summed E-state index contributed by atoms with van der Waals surface area (Å²) in [7, 11) is 2.05. The molecule has 11 nitrogen and oxygen atoms in total. The Morgan fingerprint density at radius 2 is 1.95 bits per heavy atom. The summed E-state index contributed by atoms with van der Waals surface area (Å²) < 4.78 is 21.0. The molecular formula is C29H41N7O4. The number of imidazole rings is 1. The molecule has 3 aromatic rings. The van der Waals surface area contributed by atoms with E-state index in [2.05, 4.69) is 58.1 Å². The highest BCUT2D eigenvalue weighted by atomic mass is 16.8. The van der Waals surface area contributed by atoms with Crippen molar-refractivity contribution in [3.63, 3.8) is 0 Å². The minimum Gasteiger partial charge on any atom is -0.382 e. The first kappa shape index (κ1) is 28.4. The second-order valence-electron chi connectivity index (χ2n) is 12.4. The van der Waals surface area contributed by atoms with Crippen molar-refractivity contribution in [3.8, 4) is 0 Å². The fourth-order valence-electron chi connectivity index (χ4n) is 5.58. The van der Waals surface area contributed by atoms with Crippen molar-refractivity contribution in [1.82, 2.24) is 29.7 Å². The first-order valence-electron chi connectivity index (χ1n) is 13.9. The minimum atomic E-state index is -0.913. The van der Waals surface area contributed by atoms with Crippen LogP contribution in [0.4, 0.5) is 5.82 Å². The van der Waals surface area contributed by atoms with Gasteiger partial charge in [-0.3, -0.25) is 9.36 Å². The largest absolute Gasteiger partial charge is 0.382 e. The molecule has 3 unspecified atom stereocenters. The Kier molecular flexibility index (Phi) is 7.60. The molecule has 5 rings (SSSR count). The van der Waals surface area contributed by atoms with Gasteiger partial charge in [-0.1, -0.05) is 45.0 Å². The molecule has 0 saturated carbocycles. The number of nitrogens with one attached hydrogen (secondary N) is 1. The topological polar surface area (TPSA) is 130 Å². The zero-order chi connectivity index (χ0) is 28.7. The molecule has 1 aromatic carbocycles. The number of benzene rings is 1. The van der Waals surface area contributed by atoms with Crippen LogP contribution in [0.25, 0.3) is 11.2 Å². The Balaban J connectivity index is 1.14. The molecule has 40 heavy (non-hydrogen) atoms. The van der Waals surface area contributed by atoms with Crippen LogP contribution in [-0.2, 0) is 36.6 Å². The SMILES string of the molecule is CN(CCCNC(=O)Cc1ccc(C(C)(C)C)cc1)CC1OCC2(n3cnc4c(N)ncnc43)OC(C)(C)OC12. The Bertz CT molecular complexity index is 1350. The van der Waals surface area contributed by atoms with E-state index in [0.717, 1.165) is 18.5 Å². The van der Waals surface area contributed by atoms with E-state index in [1.54, 1.807) is 6.33 Å². The Hall–Kier alpha value is -3.12. The highest BCUT2D eigenvalue weighted by Crippen LogP contribution is 2.47. The van der Waals surface area contributed by atoms with Gasteiger partial charge in [0.15, 0.2) is 17.3 Å². The van der Waals surface area contributed by atoms with Gasteiger partial charge in [-0.15, -0.1) is 0 Å². The van der Waals surface area contributed by atoms with Crippen LogP contribution in [0.15, 0.2) is 36.9 Å². The molecule has 216 valence electrons. The van der Waals surface area contributed by atoms with Gasteiger partial charge in [0, 0.05) is 13.1 Å². The van der Waals surface area contributed by atoms with E-state index < -0.39 is 11.5 Å². The monoisotopic (exact) mass is 551 g/mol. The number of hydrogen-bond donors (Lipinski definition) is 2. The van der Waals surface area contributed by atoms with Crippen molar-refractivity contribution in [2.24, 2.45) is 0 Å². The first-order valence-corrected chi connectivity index (χ1v) is 13.9. The van der Waals surface area contributed by atoms with Crippen LogP contribution in [0.5, 0.6) is 0 Å². The number of ether oxygens (including phenoxy) is 3. The van der Waals surface area contributed by atoms with Crippen molar-refractivity contribution >= 4 is 22.9 Å². The molecule has 2 aromatic heterocycles. The molecule has 2 aliphatic heterocycles. The van der Waals surface area contributed by atoms with Gasteiger partial charge in [-0.25, -0.2) is 15.0 Å². The van der Waals surface area contributed by atoms with Crippen LogP contribution >= 0.6 is 0 Å². The molecule has 11 heteroatoms. The average molecular weight is 552 g/mol. The van der Waals surface area contributed by atoms with E-state index in [-0.39, 0.29) is 23.5 Å². The predicted octanol–water partition coefficient (Wildman–Crippen LogP) is 2.59. The van der Waals surface area contributed by atoms with Crippen molar-refractivity contribution in [2.75, 3.05) is 39.0 Å². The Labute approximate surface area is 235 Å². The highest BCUT2D eigenvalue weighted by molar-refractivity contribution is 5.81.